The quantitative estimate of drug-likeness (QED) is 0.554. The van der Waals surface area contributed by atoms with Gasteiger partial charge in [0, 0.05) is 26.2 Å². The number of methoxy groups -OCH3 is 1. The van der Waals surface area contributed by atoms with E-state index >= 15 is 0 Å². The Hall–Kier alpha value is -2.16. The number of guanidine groups is 1. The summed E-state index contributed by atoms with van der Waals surface area (Å²) in [5.41, 5.74) is 0. The van der Waals surface area contributed by atoms with Gasteiger partial charge in [0.25, 0.3) is 0 Å². The highest BCUT2D eigenvalue weighted by atomic mass is 19.4. The molecule has 0 aliphatic carbocycles. The maximum absolute atomic E-state index is 12.5. The second kappa shape index (κ2) is 9.68. The van der Waals surface area contributed by atoms with E-state index in [1.165, 1.54) is 4.90 Å². The van der Waals surface area contributed by atoms with Crippen LogP contribution in [0.5, 0.6) is 11.5 Å². The molecule has 152 valence electrons. The van der Waals surface area contributed by atoms with Crippen LogP contribution >= 0.6 is 0 Å². The number of ether oxygens (including phenoxy) is 2. The molecular weight excluding hydrogens is 361 g/mol. The van der Waals surface area contributed by atoms with Gasteiger partial charge >= 0.3 is 6.18 Å². The lowest BCUT2D eigenvalue weighted by atomic mass is 10.3. The molecule has 0 amide bonds. The van der Waals surface area contributed by atoms with Crippen molar-refractivity contribution in [1.29, 1.82) is 0 Å². The van der Waals surface area contributed by atoms with Gasteiger partial charge in [-0.2, -0.15) is 13.2 Å². The van der Waals surface area contributed by atoms with Gasteiger partial charge in [0.1, 0.15) is 17.6 Å². The lowest BCUT2D eigenvalue weighted by Gasteiger charge is -2.21. The first-order chi connectivity index (χ1) is 12.8. The Balaban J connectivity index is 1.73. The summed E-state index contributed by atoms with van der Waals surface area (Å²) in [6, 6.07) is 7.24. The normalized spacial score (nSPS) is 19.6. The zero-order valence-corrected chi connectivity index (χ0v) is 15.8. The van der Waals surface area contributed by atoms with E-state index in [1.807, 2.05) is 31.2 Å². The Morgan fingerprint density at radius 2 is 1.96 bits per heavy atom. The summed E-state index contributed by atoms with van der Waals surface area (Å²) in [6.07, 6.45) is -3.64. The van der Waals surface area contributed by atoms with Crippen molar-refractivity contribution in [3.8, 4) is 11.5 Å². The number of nitrogens with one attached hydrogen (secondary N) is 2. The van der Waals surface area contributed by atoms with E-state index in [0.29, 0.717) is 32.0 Å². The maximum Gasteiger partial charge on any atom is 0.401 e. The highest BCUT2D eigenvalue weighted by Crippen LogP contribution is 2.20. The number of rotatable bonds is 7. The number of halogens is 3. The second-order valence-corrected chi connectivity index (χ2v) is 6.54. The molecule has 0 saturated carbocycles. The van der Waals surface area contributed by atoms with Crippen molar-refractivity contribution in [1.82, 2.24) is 15.5 Å². The molecule has 2 unspecified atom stereocenters. The van der Waals surface area contributed by atoms with Crippen LogP contribution < -0.4 is 20.1 Å². The van der Waals surface area contributed by atoms with Crippen molar-refractivity contribution in [2.75, 3.05) is 40.3 Å². The average Bonchev–Trinajstić information content (AvgIpc) is 3.04. The largest absolute Gasteiger partial charge is 0.497 e. The summed E-state index contributed by atoms with van der Waals surface area (Å²) in [4.78, 5) is 5.54. The molecule has 1 aliphatic heterocycles. The first-order valence-electron chi connectivity index (χ1n) is 8.86. The molecule has 2 N–H and O–H groups in total. The van der Waals surface area contributed by atoms with E-state index in [4.69, 9.17) is 9.47 Å². The fourth-order valence-electron chi connectivity index (χ4n) is 2.90. The lowest BCUT2D eigenvalue weighted by molar-refractivity contribution is -0.143. The minimum atomic E-state index is -4.16. The molecule has 1 fully saturated rings. The summed E-state index contributed by atoms with van der Waals surface area (Å²) in [6.45, 7) is 2.32. The summed E-state index contributed by atoms with van der Waals surface area (Å²) < 4.78 is 48.3. The van der Waals surface area contributed by atoms with Crippen LogP contribution in [0, 0.1) is 0 Å². The van der Waals surface area contributed by atoms with Crippen molar-refractivity contribution < 1.29 is 22.6 Å². The van der Waals surface area contributed by atoms with Crippen LogP contribution in [0.4, 0.5) is 13.2 Å². The number of aliphatic imine (C=N–C) groups is 1. The zero-order chi connectivity index (χ0) is 19.9. The number of likely N-dealkylation sites (tertiary alicyclic amines) is 1. The monoisotopic (exact) mass is 388 g/mol. The third-order valence-corrected chi connectivity index (χ3v) is 4.19. The summed E-state index contributed by atoms with van der Waals surface area (Å²) in [7, 11) is 3.24. The molecule has 6 nitrogen and oxygen atoms in total. The van der Waals surface area contributed by atoms with Crippen LogP contribution in [0.1, 0.15) is 13.3 Å². The van der Waals surface area contributed by atoms with Crippen LogP contribution in [0.15, 0.2) is 29.3 Å². The molecule has 27 heavy (non-hydrogen) atoms. The third-order valence-electron chi connectivity index (χ3n) is 4.19. The zero-order valence-electron chi connectivity index (χ0n) is 15.8. The van der Waals surface area contributed by atoms with Gasteiger partial charge in [-0.15, -0.1) is 0 Å². The molecule has 0 aromatic heterocycles. The van der Waals surface area contributed by atoms with Gasteiger partial charge in [0.2, 0.25) is 0 Å². The molecule has 1 heterocycles. The predicted octanol–water partition coefficient (Wildman–Crippen LogP) is 2.26. The molecule has 2 atom stereocenters. The fourth-order valence-corrected chi connectivity index (χ4v) is 2.90. The minimum absolute atomic E-state index is 0.0589. The number of hydrogen-bond donors (Lipinski definition) is 2. The topological polar surface area (TPSA) is 58.1 Å². The van der Waals surface area contributed by atoms with Gasteiger partial charge in [0.05, 0.1) is 20.2 Å². The van der Waals surface area contributed by atoms with Gasteiger partial charge < -0.3 is 20.1 Å². The fraction of sp³-hybridized carbons (Fsp3) is 0.611. The second-order valence-electron chi connectivity index (χ2n) is 6.54. The number of alkyl halides is 3. The molecule has 1 aromatic carbocycles. The number of benzene rings is 1. The van der Waals surface area contributed by atoms with Crippen LogP contribution in [-0.2, 0) is 0 Å². The van der Waals surface area contributed by atoms with E-state index in [1.54, 1.807) is 14.2 Å². The van der Waals surface area contributed by atoms with Gasteiger partial charge in [-0.05, 0) is 37.6 Å². The molecule has 1 aromatic rings. The SMILES string of the molecule is CN=C(NCC(C)Oc1ccc(OC)cc1)NC1CCN(CC(F)(F)F)C1. The number of hydrogen-bond acceptors (Lipinski definition) is 4. The minimum Gasteiger partial charge on any atom is -0.497 e. The van der Waals surface area contributed by atoms with Crippen molar-refractivity contribution in [3.63, 3.8) is 0 Å². The summed E-state index contributed by atoms with van der Waals surface area (Å²) in [5.74, 6) is 2.04. The molecule has 0 radical (unpaired) electrons. The smallest absolute Gasteiger partial charge is 0.401 e. The van der Waals surface area contributed by atoms with Crippen molar-refractivity contribution in [2.45, 2.75) is 31.7 Å². The van der Waals surface area contributed by atoms with E-state index in [0.717, 1.165) is 11.5 Å². The molecule has 0 bridgehead atoms. The van der Waals surface area contributed by atoms with Gasteiger partial charge in [-0.1, -0.05) is 0 Å². The standard InChI is InChI=1S/C18H27F3N4O2/c1-13(27-16-6-4-15(26-3)5-7-16)10-23-17(22-2)24-14-8-9-25(11-14)12-18(19,20)21/h4-7,13-14H,8-12H2,1-3H3,(H2,22,23,24). The highest BCUT2D eigenvalue weighted by molar-refractivity contribution is 5.80. The highest BCUT2D eigenvalue weighted by Gasteiger charge is 2.34. The van der Waals surface area contributed by atoms with E-state index < -0.39 is 12.7 Å². The Bertz CT molecular complexity index is 608. The molecule has 1 saturated heterocycles. The number of nitrogens with zero attached hydrogens (tertiary/aromatic N) is 2. The third kappa shape index (κ3) is 7.54. The van der Waals surface area contributed by atoms with Crippen LogP contribution in [0.3, 0.4) is 0 Å². The maximum atomic E-state index is 12.5. The van der Waals surface area contributed by atoms with Gasteiger partial charge in [0.15, 0.2) is 5.96 Å². The molecule has 1 aliphatic rings. The van der Waals surface area contributed by atoms with E-state index in [2.05, 4.69) is 15.6 Å². The predicted molar refractivity (Wildman–Crippen MR) is 98.5 cm³/mol. The van der Waals surface area contributed by atoms with Gasteiger partial charge in [-0.25, -0.2) is 0 Å². The Labute approximate surface area is 157 Å². The van der Waals surface area contributed by atoms with E-state index in [9.17, 15) is 13.2 Å². The van der Waals surface area contributed by atoms with Crippen LogP contribution in [-0.4, -0.2) is 69.5 Å². The Morgan fingerprint density at radius 3 is 2.56 bits per heavy atom. The Kier molecular flexibility index (Phi) is 7.58. The molecule has 9 heteroatoms. The molecule has 0 spiro atoms. The molecule has 2 rings (SSSR count). The molecular formula is C18H27F3N4O2. The summed E-state index contributed by atoms with van der Waals surface area (Å²) in [5, 5.41) is 6.32. The summed E-state index contributed by atoms with van der Waals surface area (Å²) >= 11 is 0. The average molecular weight is 388 g/mol. The lowest BCUT2D eigenvalue weighted by Crippen LogP contribution is -2.47. The van der Waals surface area contributed by atoms with Crippen molar-refractivity contribution >= 4 is 5.96 Å². The first kappa shape index (κ1) is 21.1. The van der Waals surface area contributed by atoms with Gasteiger partial charge in [-0.3, -0.25) is 9.89 Å². The van der Waals surface area contributed by atoms with Crippen LogP contribution in [0.2, 0.25) is 0 Å². The van der Waals surface area contributed by atoms with Crippen molar-refractivity contribution in [2.24, 2.45) is 4.99 Å². The van der Waals surface area contributed by atoms with Crippen LogP contribution in [0.25, 0.3) is 0 Å². The van der Waals surface area contributed by atoms with E-state index in [-0.39, 0.29) is 12.1 Å². The Morgan fingerprint density at radius 1 is 1.30 bits per heavy atom. The first-order valence-corrected chi connectivity index (χ1v) is 8.86. The van der Waals surface area contributed by atoms with Crippen molar-refractivity contribution in [3.05, 3.63) is 24.3 Å².